The highest BCUT2D eigenvalue weighted by Crippen LogP contribution is 2.01. The average molecular weight is 157 g/mol. The zero-order valence-corrected chi connectivity index (χ0v) is 7.56. The third-order valence-corrected chi connectivity index (χ3v) is 1.84. The van der Waals surface area contributed by atoms with Crippen molar-refractivity contribution >= 4 is 0 Å². The number of rotatable bonds is 2. The van der Waals surface area contributed by atoms with Crippen LogP contribution in [0.15, 0.2) is 0 Å². The van der Waals surface area contributed by atoms with Gasteiger partial charge in [0.25, 0.3) is 0 Å². The number of hydrogen-bond acceptors (Lipinski definition) is 3. The molecule has 3 heteroatoms. The molecule has 0 atom stereocenters. The second-order valence-electron chi connectivity index (χ2n) is 4.01. The summed E-state index contributed by atoms with van der Waals surface area (Å²) in [4.78, 5) is 2.41. The second-order valence-corrected chi connectivity index (χ2v) is 4.01. The number of nitrogens with two attached hydrogens (primary N) is 1. The minimum absolute atomic E-state index is 0.0443. The fraction of sp³-hybridized carbons (Fsp3) is 1.00. The van der Waals surface area contributed by atoms with E-state index in [0.29, 0.717) is 0 Å². The molecule has 1 rings (SSSR count). The number of hydrogen-bond donors (Lipinski definition) is 2. The highest BCUT2D eigenvalue weighted by atomic mass is 15.2. The van der Waals surface area contributed by atoms with Crippen molar-refractivity contribution in [1.29, 1.82) is 0 Å². The summed E-state index contributed by atoms with van der Waals surface area (Å²) in [6.07, 6.45) is 0. The molecule has 66 valence electrons. The van der Waals surface area contributed by atoms with Gasteiger partial charge in [-0.15, -0.1) is 0 Å². The van der Waals surface area contributed by atoms with E-state index in [1.165, 1.54) is 0 Å². The molecule has 1 fully saturated rings. The van der Waals surface area contributed by atoms with E-state index < -0.39 is 0 Å². The molecule has 0 amide bonds. The SMILES string of the molecule is CC(C)(N)CN1CCNCC1. The normalized spacial score (nSPS) is 22.1. The molecule has 3 nitrogen and oxygen atoms in total. The van der Waals surface area contributed by atoms with Gasteiger partial charge in [0.2, 0.25) is 0 Å². The van der Waals surface area contributed by atoms with E-state index in [9.17, 15) is 0 Å². The Morgan fingerprint density at radius 1 is 1.36 bits per heavy atom. The van der Waals surface area contributed by atoms with Crippen LogP contribution in [0, 0.1) is 0 Å². The molecule has 0 bridgehead atoms. The van der Waals surface area contributed by atoms with Crippen molar-refractivity contribution in [2.45, 2.75) is 19.4 Å². The summed E-state index contributed by atoms with van der Waals surface area (Å²) in [5.74, 6) is 0. The maximum absolute atomic E-state index is 5.90. The Morgan fingerprint density at radius 3 is 2.36 bits per heavy atom. The quantitative estimate of drug-likeness (QED) is 0.574. The predicted molar refractivity (Wildman–Crippen MR) is 47.6 cm³/mol. The molecule has 0 aliphatic carbocycles. The lowest BCUT2D eigenvalue weighted by Crippen LogP contribution is -2.51. The van der Waals surface area contributed by atoms with Crippen LogP contribution in [-0.2, 0) is 0 Å². The fourth-order valence-electron chi connectivity index (χ4n) is 1.45. The van der Waals surface area contributed by atoms with Gasteiger partial charge < -0.3 is 11.1 Å². The Kier molecular flexibility index (Phi) is 2.87. The van der Waals surface area contributed by atoms with Crippen LogP contribution < -0.4 is 11.1 Å². The summed E-state index contributed by atoms with van der Waals surface area (Å²) in [6.45, 7) is 9.66. The molecule has 0 aromatic rings. The van der Waals surface area contributed by atoms with E-state index >= 15 is 0 Å². The third-order valence-electron chi connectivity index (χ3n) is 1.84. The summed E-state index contributed by atoms with van der Waals surface area (Å²) in [5.41, 5.74) is 5.86. The van der Waals surface area contributed by atoms with Gasteiger partial charge in [0, 0.05) is 38.3 Å². The van der Waals surface area contributed by atoms with Crippen LogP contribution in [0.25, 0.3) is 0 Å². The first-order chi connectivity index (χ1) is 5.08. The molecule has 0 aromatic carbocycles. The molecule has 0 unspecified atom stereocenters. The van der Waals surface area contributed by atoms with Crippen LogP contribution in [0.1, 0.15) is 13.8 Å². The first kappa shape index (κ1) is 8.97. The summed E-state index contributed by atoms with van der Waals surface area (Å²) in [5, 5.41) is 3.32. The lowest BCUT2D eigenvalue weighted by atomic mass is 10.1. The summed E-state index contributed by atoms with van der Waals surface area (Å²) < 4.78 is 0. The molecule has 0 radical (unpaired) electrons. The zero-order chi connectivity index (χ0) is 8.32. The van der Waals surface area contributed by atoms with Gasteiger partial charge in [-0.1, -0.05) is 0 Å². The van der Waals surface area contributed by atoms with Crippen LogP contribution in [-0.4, -0.2) is 43.2 Å². The van der Waals surface area contributed by atoms with Crippen molar-refractivity contribution in [3.05, 3.63) is 0 Å². The standard InChI is InChI=1S/C8H19N3/c1-8(2,9)7-11-5-3-10-4-6-11/h10H,3-7,9H2,1-2H3. The molecule has 0 spiro atoms. The Balaban J connectivity index is 2.24. The van der Waals surface area contributed by atoms with Crippen molar-refractivity contribution in [3.8, 4) is 0 Å². The van der Waals surface area contributed by atoms with Crippen LogP contribution in [0.2, 0.25) is 0 Å². The molecule has 0 aromatic heterocycles. The lowest BCUT2D eigenvalue weighted by molar-refractivity contribution is 0.202. The predicted octanol–water partition coefficient (Wildman–Crippen LogP) is -0.371. The van der Waals surface area contributed by atoms with E-state index in [1.54, 1.807) is 0 Å². The monoisotopic (exact) mass is 157 g/mol. The van der Waals surface area contributed by atoms with E-state index in [4.69, 9.17) is 5.73 Å². The summed E-state index contributed by atoms with van der Waals surface area (Å²) in [6, 6.07) is 0. The second kappa shape index (κ2) is 3.52. The van der Waals surface area contributed by atoms with Crippen molar-refractivity contribution in [1.82, 2.24) is 10.2 Å². The summed E-state index contributed by atoms with van der Waals surface area (Å²) >= 11 is 0. The van der Waals surface area contributed by atoms with Crippen molar-refractivity contribution in [3.63, 3.8) is 0 Å². The average Bonchev–Trinajstić information content (AvgIpc) is 1.85. The number of nitrogens with one attached hydrogen (secondary N) is 1. The van der Waals surface area contributed by atoms with Gasteiger partial charge in [-0.25, -0.2) is 0 Å². The van der Waals surface area contributed by atoms with Crippen LogP contribution in [0.4, 0.5) is 0 Å². The van der Waals surface area contributed by atoms with E-state index in [0.717, 1.165) is 32.7 Å². The first-order valence-electron chi connectivity index (χ1n) is 4.30. The first-order valence-corrected chi connectivity index (χ1v) is 4.30. The number of piperazine rings is 1. The molecule has 1 saturated heterocycles. The highest BCUT2D eigenvalue weighted by molar-refractivity contribution is 4.79. The smallest absolute Gasteiger partial charge is 0.0226 e. The van der Waals surface area contributed by atoms with Crippen molar-refractivity contribution < 1.29 is 0 Å². The minimum atomic E-state index is -0.0443. The third kappa shape index (κ3) is 3.70. The van der Waals surface area contributed by atoms with Crippen LogP contribution in [0.3, 0.4) is 0 Å². The van der Waals surface area contributed by atoms with Gasteiger partial charge in [0.05, 0.1) is 0 Å². The van der Waals surface area contributed by atoms with E-state index in [2.05, 4.69) is 24.1 Å². The van der Waals surface area contributed by atoms with E-state index in [-0.39, 0.29) is 5.54 Å². The van der Waals surface area contributed by atoms with Crippen molar-refractivity contribution in [2.24, 2.45) is 5.73 Å². The minimum Gasteiger partial charge on any atom is -0.324 e. The Hall–Kier alpha value is -0.120. The van der Waals surface area contributed by atoms with Gasteiger partial charge in [-0.2, -0.15) is 0 Å². The van der Waals surface area contributed by atoms with Gasteiger partial charge >= 0.3 is 0 Å². The van der Waals surface area contributed by atoms with E-state index in [1.807, 2.05) is 0 Å². The largest absolute Gasteiger partial charge is 0.324 e. The van der Waals surface area contributed by atoms with Crippen molar-refractivity contribution in [2.75, 3.05) is 32.7 Å². The van der Waals surface area contributed by atoms with Gasteiger partial charge in [0.15, 0.2) is 0 Å². The molecular weight excluding hydrogens is 138 g/mol. The molecule has 1 aliphatic heterocycles. The number of nitrogens with zero attached hydrogens (tertiary/aromatic N) is 1. The lowest BCUT2D eigenvalue weighted by Gasteiger charge is -2.32. The fourth-order valence-corrected chi connectivity index (χ4v) is 1.45. The Labute approximate surface area is 68.9 Å². The molecule has 11 heavy (non-hydrogen) atoms. The molecule has 3 N–H and O–H groups in total. The van der Waals surface area contributed by atoms with Crippen LogP contribution in [0.5, 0.6) is 0 Å². The zero-order valence-electron chi connectivity index (χ0n) is 7.56. The molecule has 0 saturated carbocycles. The topological polar surface area (TPSA) is 41.3 Å². The van der Waals surface area contributed by atoms with Gasteiger partial charge in [0.1, 0.15) is 0 Å². The molecule has 1 aliphatic rings. The van der Waals surface area contributed by atoms with Gasteiger partial charge in [-0.05, 0) is 13.8 Å². The van der Waals surface area contributed by atoms with Crippen LogP contribution >= 0.6 is 0 Å². The highest BCUT2D eigenvalue weighted by Gasteiger charge is 2.17. The maximum Gasteiger partial charge on any atom is 0.0226 e. The Morgan fingerprint density at radius 2 is 1.91 bits per heavy atom. The summed E-state index contributed by atoms with van der Waals surface area (Å²) in [7, 11) is 0. The molecular formula is C8H19N3. The van der Waals surface area contributed by atoms with Gasteiger partial charge in [-0.3, -0.25) is 4.90 Å². The maximum atomic E-state index is 5.90. The molecule has 1 heterocycles. The Bertz CT molecular complexity index is 111.